The molecule has 1 aromatic heterocycles. The van der Waals surface area contributed by atoms with Crippen LogP contribution >= 0.6 is 0 Å². The maximum Gasteiger partial charge on any atom is 0.251 e. The molecule has 1 saturated heterocycles. The minimum Gasteiger partial charge on any atom is -0.488 e. The fourth-order valence-electron chi connectivity index (χ4n) is 7.75. The quantitative estimate of drug-likeness (QED) is 0.428. The maximum atomic E-state index is 15.2. The Labute approximate surface area is 239 Å². The predicted molar refractivity (Wildman–Crippen MR) is 154 cm³/mol. The Morgan fingerprint density at radius 3 is 2.44 bits per heavy atom. The molecular formula is C33H35FN4O3. The van der Waals surface area contributed by atoms with Gasteiger partial charge in [-0.3, -0.25) is 14.6 Å². The molecule has 0 atom stereocenters. The summed E-state index contributed by atoms with van der Waals surface area (Å²) in [5.41, 5.74) is 1.15. The molecule has 8 heteroatoms. The number of nitrogens with zero attached hydrogens (tertiary/aromatic N) is 3. The van der Waals surface area contributed by atoms with Gasteiger partial charge in [-0.15, -0.1) is 0 Å². The van der Waals surface area contributed by atoms with Crippen LogP contribution in [0.5, 0.6) is 5.75 Å². The number of carbonyl (C=O) groups is 2. The molecule has 6 rings (SSSR count). The maximum absolute atomic E-state index is 15.2. The van der Waals surface area contributed by atoms with Crippen LogP contribution in [0.2, 0.25) is 0 Å². The molecule has 41 heavy (non-hydrogen) atoms. The normalized spacial score (nSPS) is 23.8. The second-order valence-corrected chi connectivity index (χ2v) is 13.2. The molecule has 1 N–H and O–H groups in total. The van der Waals surface area contributed by atoms with Gasteiger partial charge >= 0.3 is 0 Å². The lowest BCUT2D eigenvalue weighted by Gasteiger charge is -2.63. The van der Waals surface area contributed by atoms with E-state index in [2.05, 4.69) is 44.1 Å². The van der Waals surface area contributed by atoms with Gasteiger partial charge in [-0.2, -0.15) is 5.26 Å². The highest BCUT2D eigenvalue weighted by atomic mass is 19.1. The Hall–Kier alpha value is -3.99. The molecule has 3 fully saturated rings. The van der Waals surface area contributed by atoms with Crippen LogP contribution in [0.1, 0.15) is 69.3 Å². The van der Waals surface area contributed by atoms with Gasteiger partial charge in [0.15, 0.2) is 0 Å². The number of amides is 1. The zero-order valence-electron chi connectivity index (χ0n) is 24.0. The van der Waals surface area contributed by atoms with Crippen molar-refractivity contribution in [2.75, 3.05) is 18.0 Å². The van der Waals surface area contributed by atoms with Gasteiger partial charge in [-0.1, -0.05) is 27.7 Å². The number of ether oxygens (including phenoxy) is 1. The van der Waals surface area contributed by atoms with Crippen LogP contribution in [-0.2, 0) is 4.79 Å². The number of nitrogens with one attached hydrogen (secondary N) is 1. The molecule has 2 heterocycles. The summed E-state index contributed by atoms with van der Waals surface area (Å²) < 4.78 is 21.8. The third kappa shape index (κ3) is 4.43. The molecular weight excluding hydrogens is 519 g/mol. The number of anilines is 1. The van der Waals surface area contributed by atoms with Crippen molar-refractivity contribution in [1.82, 2.24) is 10.3 Å². The lowest BCUT2D eigenvalue weighted by Crippen LogP contribution is -2.74. The van der Waals surface area contributed by atoms with Gasteiger partial charge in [0.1, 0.15) is 29.5 Å². The number of Topliss-reactive ketones (excluding diaryl/α,β-unsaturated/α-hetero) is 1. The van der Waals surface area contributed by atoms with Gasteiger partial charge in [-0.25, -0.2) is 4.39 Å². The number of rotatable bonds is 5. The summed E-state index contributed by atoms with van der Waals surface area (Å²) in [7, 11) is 0. The van der Waals surface area contributed by atoms with E-state index in [1.165, 1.54) is 6.07 Å². The number of halogens is 1. The van der Waals surface area contributed by atoms with E-state index >= 15 is 4.39 Å². The molecule has 1 amide bonds. The summed E-state index contributed by atoms with van der Waals surface area (Å²) in [6.45, 7) is 9.65. The number of hydrogen-bond donors (Lipinski definition) is 1. The molecule has 2 aliphatic carbocycles. The van der Waals surface area contributed by atoms with Gasteiger partial charge in [0.2, 0.25) is 0 Å². The van der Waals surface area contributed by atoms with Crippen molar-refractivity contribution in [2.45, 2.75) is 65.5 Å². The summed E-state index contributed by atoms with van der Waals surface area (Å²) in [5, 5.41) is 13.4. The molecule has 3 aliphatic rings. The van der Waals surface area contributed by atoms with Crippen molar-refractivity contribution in [3.05, 3.63) is 65.6 Å². The lowest BCUT2D eigenvalue weighted by atomic mass is 9.49. The van der Waals surface area contributed by atoms with Crippen molar-refractivity contribution in [3.63, 3.8) is 0 Å². The molecule has 7 nitrogen and oxygen atoms in total. The van der Waals surface area contributed by atoms with E-state index in [-0.39, 0.29) is 29.0 Å². The summed E-state index contributed by atoms with van der Waals surface area (Å²) in [4.78, 5) is 31.2. The average molecular weight is 555 g/mol. The number of pyridine rings is 1. The number of hydrogen-bond acceptors (Lipinski definition) is 6. The van der Waals surface area contributed by atoms with Crippen molar-refractivity contribution in [2.24, 2.45) is 16.2 Å². The van der Waals surface area contributed by atoms with Gasteiger partial charge in [0, 0.05) is 59.9 Å². The summed E-state index contributed by atoms with van der Waals surface area (Å²) >= 11 is 0. The fourth-order valence-corrected chi connectivity index (χ4v) is 7.75. The molecule has 0 radical (unpaired) electrons. The summed E-state index contributed by atoms with van der Waals surface area (Å²) in [5.74, 6) is 0.246. The first-order chi connectivity index (χ1) is 19.4. The van der Waals surface area contributed by atoms with Crippen LogP contribution in [0, 0.1) is 33.4 Å². The van der Waals surface area contributed by atoms with Crippen molar-refractivity contribution >= 4 is 28.3 Å². The third-order valence-electron chi connectivity index (χ3n) is 9.73. The van der Waals surface area contributed by atoms with Crippen LogP contribution in [0.15, 0.2) is 48.7 Å². The van der Waals surface area contributed by atoms with Crippen molar-refractivity contribution in [3.8, 4) is 11.8 Å². The predicted octanol–water partition coefficient (Wildman–Crippen LogP) is 5.81. The first kappa shape index (κ1) is 27.2. The van der Waals surface area contributed by atoms with Crippen molar-refractivity contribution < 1.29 is 18.7 Å². The Kier molecular flexibility index (Phi) is 6.33. The Morgan fingerprint density at radius 1 is 1.10 bits per heavy atom. The minimum absolute atomic E-state index is 0.123. The topological polar surface area (TPSA) is 95.3 Å². The van der Waals surface area contributed by atoms with E-state index in [1.807, 2.05) is 17.0 Å². The summed E-state index contributed by atoms with van der Waals surface area (Å²) in [6, 6.07) is 13.9. The second kappa shape index (κ2) is 9.54. The van der Waals surface area contributed by atoms with E-state index in [4.69, 9.17) is 4.74 Å². The highest BCUT2D eigenvalue weighted by Crippen LogP contribution is 2.56. The van der Waals surface area contributed by atoms with Crippen LogP contribution in [-0.4, -0.2) is 41.9 Å². The molecule has 3 aromatic rings. The number of fused-ring (bicyclic) bond motifs is 1. The average Bonchev–Trinajstić information content (AvgIpc) is 2.93. The fraction of sp³-hybridized carbons (Fsp3) is 0.455. The number of ketones is 1. The minimum atomic E-state index is -0.424. The van der Waals surface area contributed by atoms with Gasteiger partial charge in [-0.05, 0) is 60.7 Å². The molecule has 0 bridgehead atoms. The zero-order valence-corrected chi connectivity index (χ0v) is 24.0. The second-order valence-electron chi connectivity index (χ2n) is 13.2. The molecule has 212 valence electrons. The van der Waals surface area contributed by atoms with Crippen molar-refractivity contribution in [1.29, 1.82) is 5.26 Å². The third-order valence-corrected chi connectivity index (χ3v) is 9.73. The molecule has 2 aromatic carbocycles. The van der Waals surface area contributed by atoms with E-state index in [0.717, 1.165) is 18.2 Å². The lowest BCUT2D eigenvalue weighted by molar-refractivity contribution is -0.163. The molecule has 0 unspecified atom stereocenters. The SMILES string of the molecule is CC1(C)C(NC(=O)c2ccc(N3CCC4(CC3)CC(=O)C4)c(F)c2)C(C)(C)C1Oc1ccc(C#N)c2ncccc12. The van der Waals surface area contributed by atoms with Gasteiger partial charge < -0.3 is 15.0 Å². The van der Waals surface area contributed by atoms with Crippen LogP contribution in [0.3, 0.4) is 0 Å². The van der Waals surface area contributed by atoms with Gasteiger partial charge in [0.25, 0.3) is 5.91 Å². The zero-order chi connectivity index (χ0) is 29.2. The Bertz CT molecular complexity index is 1570. The summed E-state index contributed by atoms with van der Waals surface area (Å²) in [6.07, 6.45) is 4.52. The first-order valence-electron chi connectivity index (χ1n) is 14.3. The molecule has 1 aliphatic heterocycles. The number of benzene rings is 2. The first-order valence-corrected chi connectivity index (χ1v) is 14.3. The Morgan fingerprint density at radius 2 is 1.80 bits per heavy atom. The standard InChI is InChI=1S/C33H35FN4O3/c1-31(2)29(32(3,4)30(31)41-26-10-8-21(19-35)27-23(26)6-5-13-36-27)37-28(40)20-7-9-25(24(34)16-20)38-14-11-33(12-15-38)17-22(39)18-33/h5-10,13,16,29-30H,11-12,14-15,17-18H2,1-4H3,(H,37,40). The molecule has 2 saturated carbocycles. The van der Waals surface area contributed by atoms with Crippen LogP contribution in [0.25, 0.3) is 10.9 Å². The number of carbonyl (C=O) groups excluding carboxylic acids is 2. The van der Waals surface area contributed by atoms with E-state index in [1.54, 1.807) is 30.5 Å². The molecule has 1 spiro atoms. The largest absolute Gasteiger partial charge is 0.488 e. The highest BCUT2D eigenvalue weighted by molar-refractivity contribution is 5.95. The monoisotopic (exact) mass is 554 g/mol. The van der Waals surface area contributed by atoms with Crippen LogP contribution < -0.4 is 15.0 Å². The smallest absolute Gasteiger partial charge is 0.251 e. The Balaban J connectivity index is 1.14. The number of piperidine rings is 1. The van der Waals surface area contributed by atoms with E-state index in [0.29, 0.717) is 54.2 Å². The number of aromatic nitrogens is 1. The van der Waals surface area contributed by atoms with E-state index < -0.39 is 16.6 Å². The van der Waals surface area contributed by atoms with Gasteiger partial charge in [0.05, 0.1) is 16.8 Å². The van der Waals surface area contributed by atoms with Crippen LogP contribution in [0.4, 0.5) is 10.1 Å². The highest BCUT2D eigenvalue weighted by Gasteiger charge is 2.64. The van der Waals surface area contributed by atoms with E-state index in [9.17, 15) is 14.9 Å². The number of nitriles is 1.